The molecule has 110 valence electrons. The van der Waals surface area contributed by atoms with Crippen molar-refractivity contribution in [2.45, 2.75) is 13.3 Å². The molecule has 1 amide bonds. The van der Waals surface area contributed by atoms with E-state index in [4.69, 9.17) is 27.4 Å². The minimum absolute atomic E-state index is 0.0871. The molecule has 0 aliphatic carbocycles. The summed E-state index contributed by atoms with van der Waals surface area (Å²) in [6.45, 7) is 2.50. The number of rotatable bonds is 7. The van der Waals surface area contributed by atoms with E-state index in [1.165, 1.54) is 7.11 Å². The highest BCUT2D eigenvalue weighted by atomic mass is 32.1. The van der Waals surface area contributed by atoms with Crippen LogP contribution in [0, 0.1) is 5.92 Å². The van der Waals surface area contributed by atoms with Gasteiger partial charge in [0.25, 0.3) is 0 Å². The molecular weight excluding hydrogens is 276 g/mol. The van der Waals surface area contributed by atoms with Crippen LogP contribution in [0.2, 0.25) is 0 Å². The Morgan fingerprint density at radius 1 is 1.45 bits per heavy atom. The third-order valence-electron chi connectivity index (χ3n) is 2.75. The fourth-order valence-corrected chi connectivity index (χ4v) is 1.94. The Kier molecular flexibility index (Phi) is 6.41. The first kappa shape index (κ1) is 16.4. The van der Waals surface area contributed by atoms with Crippen molar-refractivity contribution in [3.05, 3.63) is 23.8 Å². The summed E-state index contributed by atoms with van der Waals surface area (Å²) in [5.41, 5.74) is 6.86. The molecule has 0 saturated carbocycles. The summed E-state index contributed by atoms with van der Waals surface area (Å²) in [4.78, 5) is 12.2. The summed E-state index contributed by atoms with van der Waals surface area (Å²) in [6.07, 6.45) is 0.383. The van der Waals surface area contributed by atoms with Gasteiger partial charge in [0.15, 0.2) is 0 Å². The molecule has 0 aliphatic heterocycles. The maximum atomic E-state index is 11.9. The van der Waals surface area contributed by atoms with E-state index >= 15 is 0 Å². The van der Waals surface area contributed by atoms with Crippen LogP contribution in [-0.2, 0) is 9.53 Å². The molecule has 6 heteroatoms. The Bertz CT molecular complexity index is 491. The van der Waals surface area contributed by atoms with Gasteiger partial charge in [0.05, 0.1) is 12.8 Å². The average molecular weight is 296 g/mol. The standard InChI is InChI=1S/C14H20N2O3S/c1-9(8-18-2)6-13(17)16-11-5-4-10(14(15)20)7-12(11)19-3/h4-5,7,9H,6,8H2,1-3H3,(H2,15,20)(H,16,17). The molecule has 3 N–H and O–H groups in total. The smallest absolute Gasteiger partial charge is 0.224 e. The number of hydrogen-bond acceptors (Lipinski definition) is 4. The Morgan fingerprint density at radius 2 is 2.15 bits per heavy atom. The number of carbonyl (C=O) groups is 1. The van der Waals surface area contributed by atoms with Gasteiger partial charge in [-0.25, -0.2) is 0 Å². The minimum Gasteiger partial charge on any atom is -0.495 e. The van der Waals surface area contributed by atoms with Gasteiger partial charge < -0.3 is 20.5 Å². The number of methoxy groups -OCH3 is 2. The first-order chi connectivity index (χ1) is 9.47. The molecule has 1 aromatic rings. The summed E-state index contributed by atoms with van der Waals surface area (Å²) in [5, 5.41) is 2.81. The van der Waals surface area contributed by atoms with Crippen LogP contribution in [0.5, 0.6) is 5.75 Å². The van der Waals surface area contributed by atoms with Crippen LogP contribution in [0.1, 0.15) is 18.9 Å². The monoisotopic (exact) mass is 296 g/mol. The fraction of sp³-hybridized carbons (Fsp3) is 0.429. The fourth-order valence-electron chi connectivity index (χ4n) is 1.81. The second kappa shape index (κ2) is 7.81. The molecule has 1 aromatic carbocycles. The van der Waals surface area contributed by atoms with Crippen LogP contribution in [0.4, 0.5) is 5.69 Å². The summed E-state index contributed by atoms with van der Waals surface area (Å²) in [7, 11) is 3.15. The predicted octanol–water partition coefficient (Wildman–Crippen LogP) is 1.94. The summed E-state index contributed by atoms with van der Waals surface area (Å²) < 4.78 is 10.2. The largest absolute Gasteiger partial charge is 0.495 e. The number of anilines is 1. The van der Waals surface area contributed by atoms with Crippen LogP contribution >= 0.6 is 12.2 Å². The maximum Gasteiger partial charge on any atom is 0.224 e. The van der Waals surface area contributed by atoms with Gasteiger partial charge in [0.1, 0.15) is 10.7 Å². The zero-order valence-electron chi connectivity index (χ0n) is 11.9. The lowest BCUT2D eigenvalue weighted by atomic mass is 10.1. The lowest BCUT2D eigenvalue weighted by Gasteiger charge is -2.13. The van der Waals surface area contributed by atoms with Crippen molar-refractivity contribution in [3.8, 4) is 5.75 Å². The quantitative estimate of drug-likeness (QED) is 0.752. The molecule has 1 unspecified atom stereocenters. The molecule has 20 heavy (non-hydrogen) atoms. The van der Waals surface area contributed by atoms with Gasteiger partial charge in [0.2, 0.25) is 5.91 Å². The molecule has 0 aliphatic rings. The third kappa shape index (κ3) is 4.79. The lowest BCUT2D eigenvalue weighted by Crippen LogP contribution is -2.18. The molecular formula is C14H20N2O3S. The number of amides is 1. The summed E-state index contributed by atoms with van der Waals surface area (Å²) in [6, 6.07) is 5.18. The van der Waals surface area contributed by atoms with E-state index in [1.54, 1.807) is 25.3 Å². The maximum absolute atomic E-state index is 11.9. The molecule has 0 saturated heterocycles. The summed E-state index contributed by atoms with van der Waals surface area (Å²) >= 11 is 4.91. The van der Waals surface area contributed by atoms with Crippen molar-refractivity contribution in [2.75, 3.05) is 26.1 Å². The van der Waals surface area contributed by atoms with E-state index in [0.717, 1.165) is 0 Å². The number of carbonyl (C=O) groups excluding carboxylic acids is 1. The third-order valence-corrected chi connectivity index (χ3v) is 2.98. The SMILES string of the molecule is COCC(C)CC(=O)Nc1ccc(C(N)=S)cc1OC. The molecule has 0 fully saturated rings. The Labute approximate surface area is 124 Å². The molecule has 1 rings (SSSR count). The van der Waals surface area contributed by atoms with Crippen molar-refractivity contribution in [3.63, 3.8) is 0 Å². The second-order valence-corrected chi connectivity index (χ2v) is 5.03. The van der Waals surface area contributed by atoms with Gasteiger partial charge in [-0.1, -0.05) is 19.1 Å². The molecule has 5 nitrogen and oxygen atoms in total. The van der Waals surface area contributed by atoms with Crippen molar-refractivity contribution in [2.24, 2.45) is 11.7 Å². The van der Waals surface area contributed by atoms with Gasteiger partial charge in [0, 0.05) is 25.7 Å². The first-order valence-electron chi connectivity index (χ1n) is 6.24. The molecule has 0 aromatic heterocycles. The molecule has 0 bridgehead atoms. The van der Waals surface area contributed by atoms with Crippen molar-refractivity contribution in [1.29, 1.82) is 0 Å². The van der Waals surface area contributed by atoms with Crippen LogP contribution in [0.3, 0.4) is 0 Å². The van der Waals surface area contributed by atoms with E-state index in [2.05, 4.69) is 5.32 Å². The van der Waals surface area contributed by atoms with E-state index in [0.29, 0.717) is 30.0 Å². The number of ether oxygens (including phenoxy) is 2. The molecule has 0 radical (unpaired) electrons. The molecule has 0 heterocycles. The van der Waals surface area contributed by atoms with Crippen molar-refractivity contribution < 1.29 is 14.3 Å². The highest BCUT2D eigenvalue weighted by Crippen LogP contribution is 2.26. The molecule has 1 atom stereocenters. The minimum atomic E-state index is -0.0871. The number of nitrogens with one attached hydrogen (secondary N) is 1. The zero-order valence-corrected chi connectivity index (χ0v) is 12.8. The van der Waals surface area contributed by atoms with E-state index in [9.17, 15) is 4.79 Å². The van der Waals surface area contributed by atoms with Gasteiger partial charge >= 0.3 is 0 Å². The Morgan fingerprint density at radius 3 is 2.70 bits per heavy atom. The Hall–Kier alpha value is -1.66. The predicted molar refractivity (Wildman–Crippen MR) is 83.2 cm³/mol. The Balaban J connectivity index is 2.76. The highest BCUT2D eigenvalue weighted by Gasteiger charge is 2.12. The van der Waals surface area contributed by atoms with Gasteiger partial charge in [-0.2, -0.15) is 0 Å². The normalized spacial score (nSPS) is 11.8. The van der Waals surface area contributed by atoms with E-state index in [1.807, 2.05) is 6.92 Å². The van der Waals surface area contributed by atoms with Crippen molar-refractivity contribution >= 4 is 28.8 Å². The van der Waals surface area contributed by atoms with Gasteiger partial charge in [-0.05, 0) is 24.1 Å². The first-order valence-corrected chi connectivity index (χ1v) is 6.65. The number of nitrogens with two attached hydrogens (primary N) is 1. The highest BCUT2D eigenvalue weighted by molar-refractivity contribution is 7.80. The van der Waals surface area contributed by atoms with Gasteiger partial charge in [-0.15, -0.1) is 0 Å². The second-order valence-electron chi connectivity index (χ2n) is 4.59. The number of benzene rings is 1. The van der Waals surface area contributed by atoms with Crippen LogP contribution in [0.15, 0.2) is 18.2 Å². The molecule has 0 spiro atoms. The van der Waals surface area contributed by atoms with E-state index < -0.39 is 0 Å². The average Bonchev–Trinajstić information content (AvgIpc) is 2.38. The van der Waals surface area contributed by atoms with E-state index in [-0.39, 0.29) is 16.8 Å². The van der Waals surface area contributed by atoms with Gasteiger partial charge in [-0.3, -0.25) is 4.79 Å². The lowest BCUT2D eigenvalue weighted by molar-refractivity contribution is -0.117. The van der Waals surface area contributed by atoms with Crippen LogP contribution in [-0.4, -0.2) is 31.7 Å². The summed E-state index contributed by atoms with van der Waals surface area (Å²) in [5.74, 6) is 0.598. The van der Waals surface area contributed by atoms with Crippen LogP contribution < -0.4 is 15.8 Å². The number of hydrogen-bond donors (Lipinski definition) is 2. The van der Waals surface area contributed by atoms with Crippen LogP contribution in [0.25, 0.3) is 0 Å². The van der Waals surface area contributed by atoms with Crippen molar-refractivity contribution in [1.82, 2.24) is 0 Å². The zero-order chi connectivity index (χ0) is 15.1. The topological polar surface area (TPSA) is 73.6 Å². The number of thiocarbonyl (C=S) groups is 1.